The zero-order valence-corrected chi connectivity index (χ0v) is 13.3. The van der Waals surface area contributed by atoms with Gasteiger partial charge >= 0.3 is 0 Å². The number of aryl methyl sites for hydroxylation is 1. The molecular weight excluding hydrogens is 282 g/mol. The molecule has 110 valence electrons. The molecule has 2 aromatic rings. The SMILES string of the molecule is COc1cccc(C(=S)NCc2ccccc2C)c1OC. The normalized spacial score (nSPS) is 10.0. The topological polar surface area (TPSA) is 30.5 Å². The van der Waals surface area contributed by atoms with Gasteiger partial charge in [-0.2, -0.15) is 0 Å². The van der Waals surface area contributed by atoms with Crippen molar-refractivity contribution in [3.8, 4) is 11.5 Å². The second-order valence-corrected chi connectivity index (χ2v) is 5.06. The molecule has 2 rings (SSSR count). The van der Waals surface area contributed by atoms with Crippen LogP contribution in [-0.2, 0) is 6.54 Å². The molecule has 0 aromatic heterocycles. The van der Waals surface area contributed by atoms with E-state index in [1.807, 2.05) is 30.3 Å². The van der Waals surface area contributed by atoms with Gasteiger partial charge in [0.1, 0.15) is 4.99 Å². The van der Waals surface area contributed by atoms with Crippen LogP contribution in [0.2, 0.25) is 0 Å². The average molecular weight is 301 g/mol. The molecule has 0 saturated carbocycles. The second-order valence-electron chi connectivity index (χ2n) is 4.65. The highest BCUT2D eigenvalue weighted by atomic mass is 32.1. The van der Waals surface area contributed by atoms with E-state index < -0.39 is 0 Å². The number of methoxy groups -OCH3 is 2. The van der Waals surface area contributed by atoms with E-state index in [0.717, 1.165) is 5.56 Å². The molecule has 0 radical (unpaired) electrons. The molecule has 0 spiro atoms. The first kappa shape index (κ1) is 15.3. The van der Waals surface area contributed by atoms with Gasteiger partial charge in [0.15, 0.2) is 11.5 Å². The van der Waals surface area contributed by atoms with Crippen molar-refractivity contribution < 1.29 is 9.47 Å². The third-order valence-electron chi connectivity index (χ3n) is 3.35. The minimum atomic E-state index is 0.647. The predicted octanol–water partition coefficient (Wildman–Crippen LogP) is 3.48. The molecule has 0 unspecified atom stereocenters. The fourth-order valence-electron chi connectivity index (χ4n) is 2.15. The molecule has 0 aliphatic rings. The lowest BCUT2D eigenvalue weighted by Crippen LogP contribution is -2.22. The molecule has 0 heterocycles. The lowest BCUT2D eigenvalue weighted by Gasteiger charge is -2.15. The number of thiocarbonyl (C=S) groups is 1. The lowest BCUT2D eigenvalue weighted by atomic mass is 10.1. The van der Waals surface area contributed by atoms with E-state index in [-0.39, 0.29) is 0 Å². The van der Waals surface area contributed by atoms with Crippen molar-refractivity contribution in [3.63, 3.8) is 0 Å². The Morgan fingerprint density at radius 3 is 2.48 bits per heavy atom. The van der Waals surface area contributed by atoms with Crippen LogP contribution in [0.5, 0.6) is 11.5 Å². The van der Waals surface area contributed by atoms with Crippen molar-refractivity contribution >= 4 is 17.2 Å². The molecule has 0 bridgehead atoms. The summed E-state index contributed by atoms with van der Waals surface area (Å²) in [4.78, 5) is 0.647. The predicted molar refractivity (Wildman–Crippen MR) is 89.3 cm³/mol. The smallest absolute Gasteiger partial charge is 0.170 e. The molecule has 0 aliphatic heterocycles. The van der Waals surface area contributed by atoms with E-state index >= 15 is 0 Å². The van der Waals surface area contributed by atoms with Crippen LogP contribution in [0.1, 0.15) is 16.7 Å². The third kappa shape index (κ3) is 3.52. The van der Waals surface area contributed by atoms with Crippen molar-refractivity contribution in [1.82, 2.24) is 5.32 Å². The summed E-state index contributed by atoms with van der Waals surface area (Å²) in [5, 5.41) is 3.28. The van der Waals surface area contributed by atoms with Crippen LogP contribution in [0.3, 0.4) is 0 Å². The summed E-state index contributed by atoms with van der Waals surface area (Å²) in [6.07, 6.45) is 0. The summed E-state index contributed by atoms with van der Waals surface area (Å²) >= 11 is 5.48. The Bertz CT molecular complexity index is 640. The number of ether oxygens (including phenoxy) is 2. The fourth-order valence-corrected chi connectivity index (χ4v) is 2.38. The van der Waals surface area contributed by atoms with E-state index in [1.54, 1.807) is 14.2 Å². The molecule has 2 aromatic carbocycles. The van der Waals surface area contributed by atoms with Crippen LogP contribution in [-0.4, -0.2) is 19.2 Å². The standard InChI is InChI=1S/C17H19NO2S/c1-12-7-4-5-8-13(12)11-18-17(21)14-9-6-10-15(19-2)16(14)20-3/h4-10H,11H2,1-3H3,(H,18,21). The Morgan fingerprint density at radius 2 is 1.81 bits per heavy atom. The van der Waals surface area contributed by atoms with Gasteiger partial charge in [-0.05, 0) is 30.2 Å². The lowest BCUT2D eigenvalue weighted by molar-refractivity contribution is 0.354. The molecule has 0 aliphatic carbocycles. The van der Waals surface area contributed by atoms with Gasteiger partial charge in [0.2, 0.25) is 0 Å². The Balaban J connectivity index is 2.16. The maximum Gasteiger partial charge on any atom is 0.170 e. The Kier molecular flexibility index (Phi) is 5.17. The maximum atomic E-state index is 5.48. The van der Waals surface area contributed by atoms with Gasteiger partial charge in [0.05, 0.1) is 19.8 Å². The molecule has 0 saturated heterocycles. The Morgan fingerprint density at radius 1 is 1.05 bits per heavy atom. The molecule has 3 nitrogen and oxygen atoms in total. The van der Waals surface area contributed by atoms with Crippen LogP contribution in [0.15, 0.2) is 42.5 Å². The number of benzene rings is 2. The number of hydrogen-bond donors (Lipinski definition) is 1. The summed E-state index contributed by atoms with van der Waals surface area (Å²) < 4.78 is 10.7. The first-order valence-corrected chi connectivity index (χ1v) is 7.12. The van der Waals surface area contributed by atoms with E-state index in [9.17, 15) is 0 Å². The van der Waals surface area contributed by atoms with Crippen LogP contribution >= 0.6 is 12.2 Å². The van der Waals surface area contributed by atoms with Gasteiger partial charge in [-0.25, -0.2) is 0 Å². The van der Waals surface area contributed by atoms with Gasteiger partial charge in [0.25, 0.3) is 0 Å². The first-order valence-electron chi connectivity index (χ1n) is 6.71. The first-order chi connectivity index (χ1) is 10.2. The Hall–Kier alpha value is -2.07. The van der Waals surface area contributed by atoms with E-state index in [0.29, 0.717) is 23.0 Å². The molecule has 0 fully saturated rings. The highest BCUT2D eigenvalue weighted by Gasteiger charge is 2.13. The van der Waals surface area contributed by atoms with E-state index in [4.69, 9.17) is 21.7 Å². The molecule has 4 heteroatoms. The van der Waals surface area contributed by atoms with Crippen LogP contribution in [0, 0.1) is 6.92 Å². The van der Waals surface area contributed by atoms with Crippen molar-refractivity contribution in [2.75, 3.05) is 14.2 Å². The van der Waals surface area contributed by atoms with E-state index in [2.05, 4.69) is 24.4 Å². The number of hydrogen-bond acceptors (Lipinski definition) is 3. The second kappa shape index (κ2) is 7.09. The van der Waals surface area contributed by atoms with Crippen molar-refractivity contribution in [1.29, 1.82) is 0 Å². The zero-order valence-electron chi connectivity index (χ0n) is 12.5. The minimum absolute atomic E-state index is 0.647. The quantitative estimate of drug-likeness (QED) is 0.857. The van der Waals surface area contributed by atoms with Crippen LogP contribution < -0.4 is 14.8 Å². The molecule has 0 amide bonds. The van der Waals surface area contributed by atoms with Crippen molar-refractivity contribution in [2.45, 2.75) is 13.5 Å². The minimum Gasteiger partial charge on any atom is -0.493 e. The van der Waals surface area contributed by atoms with Crippen LogP contribution in [0.4, 0.5) is 0 Å². The highest BCUT2D eigenvalue weighted by molar-refractivity contribution is 7.80. The van der Waals surface area contributed by atoms with Crippen LogP contribution in [0.25, 0.3) is 0 Å². The fraction of sp³-hybridized carbons (Fsp3) is 0.235. The number of nitrogens with one attached hydrogen (secondary N) is 1. The monoisotopic (exact) mass is 301 g/mol. The van der Waals surface area contributed by atoms with Crippen molar-refractivity contribution in [3.05, 3.63) is 59.2 Å². The molecule has 1 N–H and O–H groups in total. The number of para-hydroxylation sites is 1. The summed E-state index contributed by atoms with van der Waals surface area (Å²) in [5.41, 5.74) is 3.30. The van der Waals surface area contributed by atoms with Gasteiger partial charge in [0, 0.05) is 6.54 Å². The van der Waals surface area contributed by atoms with Crippen molar-refractivity contribution in [2.24, 2.45) is 0 Å². The van der Waals surface area contributed by atoms with E-state index in [1.165, 1.54) is 11.1 Å². The Labute approximate surface area is 130 Å². The maximum absolute atomic E-state index is 5.48. The largest absolute Gasteiger partial charge is 0.493 e. The molecule has 0 atom stereocenters. The molecular formula is C17H19NO2S. The van der Waals surface area contributed by atoms with Gasteiger partial charge in [-0.3, -0.25) is 0 Å². The summed E-state index contributed by atoms with van der Waals surface area (Å²) in [6.45, 7) is 2.78. The number of rotatable bonds is 5. The average Bonchev–Trinajstić information content (AvgIpc) is 2.52. The highest BCUT2D eigenvalue weighted by Crippen LogP contribution is 2.30. The third-order valence-corrected chi connectivity index (χ3v) is 3.71. The summed E-state index contributed by atoms with van der Waals surface area (Å²) in [6, 6.07) is 13.9. The summed E-state index contributed by atoms with van der Waals surface area (Å²) in [5.74, 6) is 1.33. The molecule has 21 heavy (non-hydrogen) atoms. The van der Waals surface area contributed by atoms with Gasteiger partial charge in [-0.1, -0.05) is 42.5 Å². The van der Waals surface area contributed by atoms with Gasteiger partial charge < -0.3 is 14.8 Å². The zero-order chi connectivity index (χ0) is 15.2. The summed E-state index contributed by atoms with van der Waals surface area (Å²) in [7, 11) is 3.23. The van der Waals surface area contributed by atoms with Gasteiger partial charge in [-0.15, -0.1) is 0 Å².